The standard InChI is InChI=1S/C24H38N4O4/c1-25-24(26-16-19-7-6-9-21(15-19)32-18-23(29)27(2)3)28-12-10-20(11-13-28)31-17-22-8-4-5-14-30-22/h6-7,9,15,20,22H,4-5,8,10-14,16-18H2,1-3H3,(H,25,26). The van der Waals surface area contributed by atoms with E-state index in [0.29, 0.717) is 18.4 Å². The van der Waals surface area contributed by atoms with Crippen LogP contribution in [-0.2, 0) is 20.8 Å². The maximum absolute atomic E-state index is 11.7. The van der Waals surface area contributed by atoms with Crippen LogP contribution in [0.25, 0.3) is 0 Å². The van der Waals surface area contributed by atoms with E-state index in [1.54, 1.807) is 14.1 Å². The van der Waals surface area contributed by atoms with E-state index in [1.165, 1.54) is 17.7 Å². The van der Waals surface area contributed by atoms with E-state index < -0.39 is 0 Å². The Bertz CT molecular complexity index is 741. The van der Waals surface area contributed by atoms with E-state index in [1.807, 2.05) is 31.3 Å². The molecular weight excluding hydrogens is 408 g/mol. The average molecular weight is 447 g/mol. The van der Waals surface area contributed by atoms with Crippen molar-refractivity contribution in [2.75, 3.05) is 54.1 Å². The number of guanidine groups is 1. The van der Waals surface area contributed by atoms with Gasteiger partial charge in [0.25, 0.3) is 5.91 Å². The summed E-state index contributed by atoms with van der Waals surface area (Å²) < 4.78 is 17.5. The molecule has 0 bridgehead atoms. The second-order valence-electron chi connectivity index (χ2n) is 8.63. The molecule has 2 fully saturated rings. The minimum absolute atomic E-state index is 0.0371. The molecule has 3 rings (SSSR count). The zero-order valence-electron chi connectivity index (χ0n) is 19.7. The lowest BCUT2D eigenvalue weighted by Crippen LogP contribution is -2.47. The van der Waals surface area contributed by atoms with Gasteiger partial charge in [-0.3, -0.25) is 9.79 Å². The molecule has 0 spiro atoms. The molecule has 178 valence electrons. The van der Waals surface area contributed by atoms with Gasteiger partial charge < -0.3 is 29.3 Å². The normalized spacial score (nSPS) is 20.2. The number of rotatable bonds is 8. The molecule has 2 aliphatic rings. The largest absolute Gasteiger partial charge is 0.484 e. The molecule has 2 heterocycles. The Balaban J connectivity index is 1.40. The highest BCUT2D eigenvalue weighted by molar-refractivity contribution is 5.80. The lowest BCUT2D eigenvalue weighted by atomic mass is 10.1. The summed E-state index contributed by atoms with van der Waals surface area (Å²) in [6.45, 7) is 4.11. The van der Waals surface area contributed by atoms with Crippen LogP contribution in [0.1, 0.15) is 37.7 Å². The molecule has 1 amide bonds. The summed E-state index contributed by atoms with van der Waals surface area (Å²) in [4.78, 5) is 20.0. The number of piperidine rings is 1. The Hall–Kier alpha value is -2.32. The minimum atomic E-state index is -0.0624. The molecule has 8 heteroatoms. The van der Waals surface area contributed by atoms with Gasteiger partial charge >= 0.3 is 0 Å². The Labute approximate surface area is 191 Å². The predicted octanol–water partition coefficient (Wildman–Crippen LogP) is 2.28. The van der Waals surface area contributed by atoms with Gasteiger partial charge in [0.2, 0.25) is 0 Å². The third-order valence-corrected chi connectivity index (χ3v) is 5.96. The number of hydrogen-bond donors (Lipinski definition) is 1. The van der Waals surface area contributed by atoms with Crippen LogP contribution in [0.3, 0.4) is 0 Å². The molecule has 1 aromatic rings. The van der Waals surface area contributed by atoms with Crippen LogP contribution < -0.4 is 10.1 Å². The van der Waals surface area contributed by atoms with Crippen LogP contribution in [0.15, 0.2) is 29.3 Å². The highest BCUT2D eigenvalue weighted by Gasteiger charge is 2.23. The first-order valence-corrected chi connectivity index (χ1v) is 11.7. The van der Waals surface area contributed by atoms with Gasteiger partial charge in [-0.2, -0.15) is 0 Å². The highest BCUT2D eigenvalue weighted by Crippen LogP contribution is 2.18. The van der Waals surface area contributed by atoms with Crippen molar-refractivity contribution in [3.8, 4) is 5.75 Å². The molecular formula is C24H38N4O4. The molecule has 0 aromatic heterocycles. The summed E-state index contributed by atoms with van der Waals surface area (Å²) in [6, 6.07) is 7.80. The van der Waals surface area contributed by atoms with Crippen LogP contribution in [0.2, 0.25) is 0 Å². The fourth-order valence-corrected chi connectivity index (χ4v) is 3.95. The van der Waals surface area contributed by atoms with Gasteiger partial charge in [0, 0.05) is 47.4 Å². The summed E-state index contributed by atoms with van der Waals surface area (Å²) in [6.07, 6.45) is 6.11. The van der Waals surface area contributed by atoms with Crippen molar-refractivity contribution in [3.05, 3.63) is 29.8 Å². The monoisotopic (exact) mass is 446 g/mol. The molecule has 1 unspecified atom stereocenters. The van der Waals surface area contributed by atoms with Gasteiger partial charge in [-0.05, 0) is 49.8 Å². The zero-order chi connectivity index (χ0) is 22.8. The second-order valence-corrected chi connectivity index (χ2v) is 8.63. The molecule has 1 N–H and O–H groups in total. The predicted molar refractivity (Wildman–Crippen MR) is 125 cm³/mol. The van der Waals surface area contributed by atoms with E-state index in [9.17, 15) is 4.79 Å². The first kappa shape index (κ1) is 24.3. The van der Waals surface area contributed by atoms with Gasteiger partial charge in [0.05, 0.1) is 18.8 Å². The van der Waals surface area contributed by atoms with Crippen molar-refractivity contribution in [2.24, 2.45) is 4.99 Å². The first-order chi connectivity index (χ1) is 15.5. The first-order valence-electron chi connectivity index (χ1n) is 11.7. The van der Waals surface area contributed by atoms with Crippen LogP contribution in [0.4, 0.5) is 0 Å². The number of hydrogen-bond acceptors (Lipinski definition) is 5. The van der Waals surface area contributed by atoms with Crippen molar-refractivity contribution in [1.29, 1.82) is 0 Å². The number of carbonyl (C=O) groups excluding carboxylic acids is 1. The lowest BCUT2D eigenvalue weighted by molar-refractivity contribution is -0.130. The molecule has 32 heavy (non-hydrogen) atoms. The summed E-state index contributed by atoms with van der Waals surface area (Å²) in [5.74, 6) is 1.52. The number of nitrogens with zero attached hydrogens (tertiary/aromatic N) is 3. The van der Waals surface area contributed by atoms with Crippen molar-refractivity contribution in [2.45, 2.75) is 50.9 Å². The van der Waals surface area contributed by atoms with Crippen LogP contribution >= 0.6 is 0 Å². The number of benzene rings is 1. The van der Waals surface area contributed by atoms with Crippen molar-refractivity contribution in [1.82, 2.24) is 15.1 Å². The average Bonchev–Trinajstić information content (AvgIpc) is 2.83. The second kappa shape index (κ2) is 12.6. The van der Waals surface area contributed by atoms with Gasteiger partial charge in [0.15, 0.2) is 12.6 Å². The van der Waals surface area contributed by atoms with Gasteiger partial charge in [-0.25, -0.2) is 0 Å². The van der Waals surface area contributed by atoms with E-state index in [0.717, 1.165) is 57.1 Å². The zero-order valence-corrected chi connectivity index (χ0v) is 19.7. The maximum atomic E-state index is 11.7. The third kappa shape index (κ3) is 7.67. The Morgan fingerprint density at radius 1 is 1.25 bits per heavy atom. The van der Waals surface area contributed by atoms with Crippen LogP contribution in [0.5, 0.6) is 5.75 Å². The summed E-state index contributed by atoms with van der Waals surface area (Å²) in [7, 11) is 5.26. The fourth-order valence-electron chi connectivity index (χ4n) is 3.95. The lowest BCUT2D eigenvalue weighted by Gasteiger charge is -2.35. The molecule has 8 nitrogen and oxygen atoms in total. The van der Waals surface area contributed by atoms with Gasteiger partial charge in [-0.15, -0.1) is 0 Å². The highest BCUT2D eigenvalue weighted by atomic mass is 16.5. The fraction of sp³-hybridized carbons (Fsp3) is 0.667. The molecule has 1 aromatic carbocycles. The molecule has 1 atom stereocenters. The van der Waals surface area contributed by atoms with Crippen molar-refractivity contribution < 1.29 is 19.0 Å². The van der Waals surface area contributed by atoms with Crippen molar-refractivity contribution in [3.63, 3.8) is 0 Å². The Morgan fingerprint density at radius 3 is 2.75 bits per heavy atom. The van der Waals surface area contributed by atoms with E-state index in [2.05, 4.69) is 15.2 Å². The third-order valence-electron chi connectivity index (χ3n) is 5.96. The number of nitrogens with one attached hydrogen (secondary N) is 1. The number of likely N-dealkylation sites (N-methyl/N-ethyl adjacent to an activating group) is 1. The number of aliphatic imine (C=N–C) groups is 1. The summed E-state index contributed by atoms with van der Waals surface area (Å²) in [5.41, 5.74) is 1.08. The number of likely N-dealkylation sites (tertiary alicyclic amines) is 1. The summed E-state index contributed by atoms with van der Waals surface area (Å²) >= 11 is 0. The van der Waals surface area contributed by atoms with Crippen molar-refractivity contribution >= 4 is 11.9 Å². The molecule has 0 saturated carbocycles. The van der Waals surface area contributed by atoms with Gasteiger partial charge in [-0.1, -0.05) is 12.1 Å². The van der Waals surface area contributed by atoms with E-state index >= 15 is 0 Å². The molecule has 0 radical (unpaired) electrons. The number of ether oxygens (including phenoxy) is 3. The van der Waals surface area contributed by atoms with E-state index in [-0.39, 0.29) is 18.6 Å². The van der Waals surface area contributed by atoms with E-state index in [4.69, 9.17) is 14.2 Å². The quantitative estimate of drug-likeness (QED) is 0.488. The molecule has 2 saturated heterocycles. The van der Waals surface area contributed by atoms with Gasteiger partial charge in [0.1, 0.15) is 5.75 Å². The topological polar surface area (TPSA) is 75.6 Å². The molecule has 2 aliphatic heterocycles. The Morgan fingerprint density at radius 2 is 2.06 bits per heavy atom. The van der Waals surface area contributed by atoms with Crippen LogP contribution in [-0.4, -0.2) is 87.9 Å². The minimum Gasteiger partial charge on any atom is -0.484 e. The SMILES string of the molecule is CN=C(NCc1cccc(OCC(=O)N(C)C)c1)N1CCC(OCC2CCCCO2)CC1. The summed E-state index contributed by atoms with van der Waals surface area (Å²) in [5, 5.41) is 3.45. The smallest absolute Gasteiger partial charge is 0.259 e. The number of amides is 1. The van der Waals surface area contributed by atoms with Crippen LogP contribution in [0, 0.1) is 0 Å². The molecule has 0 aliphatic carbocycles. The Kier molecular flexibility index (Phi) is 9.62. The number of carbonyl (C=O) groups is 1. The maximum Gasteiger partial charge on any atom is 0.259 e.